The maximum absolute atomic E-state index is 5.73. The van der Waals surface area contributed by atoms with Gasteiger partial charge in [-0.3, -0.25) is 0 Å². The minimum Gasteiger partial charge on any atom is -0.460 e. The van der Waals surface area contributed by atoms with Gasteiger partial charge in [-0.1, -0.05) is 30.3 Å². The smallest absolute Gasteiger partial charge is 0.316 e. The zero-order valence-corrected chi connectivity index (χ0v) is 10.4. The van der Waals surface area contributed by atoms with Crippen LogP contribution in [-0.2, 0) is 0 Å². The molecule has 0 amide bonds. The van der Waals surface area contributed by atoms with E-state index in [0.717, 1.165) is 18.4 Å². The summed E-state index contributed by atoms with van der Waals surface area (Å²) in [5.41, 5.74) is 2.46. The SMILES string of the molecule is Cc1cnc(OC2CC(c3ccccc3)C2)nc1. The lowest BCUT2D eigenvalue weighted by Gasteiger charge is -2.34. The molecule has 1 aliphatic carbocycles. The van der Waals surface area contributed by atoms with Crippen LogP contribution in [0.2, 0.25) is 0 Å². The minimum absolute atomic E-state index is 0.262. The van der Waals surface area contributed by atoms with E-state index in [2.05, 4.69) is 40.3 Å². The van der Waals surface area contributed by atoms with Crippen molar-refractivity contribution in [2.24, 2.45) is 0 Å². The van der Waals surface area contributed by atoms with Crippen LogP contribution < -0.4 is 4.74 Å². The quantitative estimate of drug-likeness (QED) is 0.826. The fourth-order valence-corrected chi connectivity index (χ4v) is 2.25. The molecule has 3 heteroatoms. The van der Waals surface area contributed by atoms with Gasteiger partial charge in [0.1, 0.15) is 6.10 Å². The van der Waals surface area contributed by atoms with Gasteiger partial charge in [-0.25, -0.2) is 9.97 Å². The average Bonchev–Trinajstić information content (AvgIpc) is 2.36. The first kappa shape index (κ1) is 11.2. The molecule has 0 bridgehead atoms. The summed E-state index contributed by atoms with van der Waals surface area (Å²) >= 11 is 0. The molecule has 2 aromatic rings. The van der Waals surface area contributed by atoms with E-state index < -0.39 is 0 Å². The van der Waals surface area contributed by atoms with Crippen LogP contribution in [0.15, 0.2) is 42.7 Å². The molecular weight excluding hydrogens is 224 g/mol. The summed E-state index contributed by atoms with van der Waals surface area (Å²) in [7, 11) is 0. The van der Waals surface area contributed by atoms with Crippen LogP contribution >= 0.6 is 0 Å². The highest BCUT2D eigenvalue weighted by molar-refractivity contribution is 5.22. The molecule has 0 unspecified atom stereocenters. The number of aromatic nitrogens is 2. The van der Waals surface area contributed by atoms with E-state index in [0.29, 0.717) is 11.9 Å². The maximum atomic E-state index is 5.73. The molecule has 1 fully saturated rings. The predicted octanol–water partition coefficient (Wildman–Crippen LogP) is 3.11. The van der Waals surface area contributed by atoms with Gasteiger partial charge in [0.25, 0.3) is 0 Å². The Labute approximate surface area is 107 Å². The Morgan fingerprint density at radius 3 is 2.39 bits per heavy atom. The van der Waals surface area contributed by atoms with Gasteiger partial charge in [-0.15, -0.1) is 0 Å². The Morgan fingerprint density at radius 1 is 1.06 bits per heavy atom. The van der Waals surface area contributed by atoms with Crippen LogP contribution in [0, 0.1) is 6.92 Å². The third-order valence-corrected chi connectivity index (χ3v) is 3.40. The highest BCUT2D eigenvalue weighted by Gasteiger charge is 2.32. The molecule has 18 heavy (non-hydrogen) atoms. The molecule has 1 saturated carbocycles. The third kappa shape index (κ3) is 2.35. The molecule has 1 heterocycles. The molecule has 1 aromatic heterocycles. The van der Waals surface area contributed by atoms with Crippen molar-refractivity contribution in [1.29, 1.82) is 0 Å². The minimum atomic E-state index is 0.262. The van der Waals surface area contributed by atoms with E-state index in [1.165, 1.54) is 5.56 Å². The molecule has 3 rings (SSSR count). The molecule has 0 atom stereocenters. The molecule has 0 radical (unpaired) electrons. The second-order valence-electron chi connectivity index (χ2n) is 4.86. The number of benzene rings is 1. The molecule has 92 valence electrons. The van der Waals surface area contributed by atoms with Gasteiger partial charge in [0, 0.05) is 12.4 Å². The lowest BCUT2D eigenvalue weighted by molar-refractivity contribution is 0.0881. The molecule has 0 N–H and O–H groups in total. The summed E-state index contributed by atoms with van der Waals surface area (Å²) in [4.78, 5) is 8.33. The lowest BCUT2D eigenvalue weighted by Crippen LogP contribution is -2.32. The molecule has 1 aliphatic rings. The van der Waals surface area contributed by atoms with Gasteiger partial charge in [-0.05, 0) is 36.8 Å². The van der Waals surface area contributed by atoms with Gasteiger partial charge in [-0.2, -0.15) is 0 Å². The van der Waals surface area contributed by atoms with Gasteiger partial charge in [0.2, 0.25) is 0 Å². The molecule has 0 spiro atoms. The second kappa shape index (κ2) is 4.77. The first-order valence-corrected chi connectivity index (χ1v) is 6.31. The molecule has 0 aliphatic heterocycles. The van der Waals surface area contributed by atoms with Crippen LogP contribution in [0.1, 0.15) is 29.9 Å². The van der Waals surface area contributed by atoms with E-state index in [1.807, 2.05) is 6.92 Å². The van der Waals surface area contributed by atoms with Crippen LogP contribution in [0.3, 0.4) is 0 Å². The van der Waals surface area contributed by atoms with E-state index >= 15 is 0 Å². The molecule has 3 nitrogen and oxygen atoms in total. The summed E-state index contributed by atoms with van der Waals surface area (Å²) < 4.78 is 5.73. The van der Waals surface area contributed by atoms with Gasteiger partial charge >= 0.3 is 6.01 Å². The number of hydrogen-bond donors (Lipinski definition) is 0. The zero-order valence-electron chi connectivity index (χ0n) is 10.4. The van der Waals surface area contributed by atoms with Crippen molar-refractivity contribution in [1.82, 2.24) is 9.97 Å². The normalized spacial score (nSPS) is 22.3. The fourth-order valence-electron chi connectivity index (χ4n) is 2.25. The largest absolute Gasteiger partial charge is 0.460 e. The van der Waals surface area contributed by atoms with Crippen LogP contribution in [0.25, 0.3) is 0 Å². The van der Waals surface area contributed by atoms with Crippen molar-refractivity contribution in [2.45, 2.75) is 31.8 Å². The van der Waals surface area contributed by atoms with Crippen molar-refractivity contribution >= 4 is 0 Å². The maximum Gasteiger partial charge on any atom is 0.316 e. The summed E-state index contributed by atoms with van der Waals surface area (Å²) in [6.45, 7) is 1.97. The highest BCUT2D eigenvalue weighted by Crippen LogP contribution is 2.38. The Bertz CT molecular complexity index is 504. The Morgan fingerprint density at radius 2 is 1.72 bits per heavy atom. The summed E-state index contributed by atoms with van der Waals surface area (Å²) in [6, 6.07) is 11.1. The summed E-state index contributed by atoms with van der Waals surface area (Å²) in [5.74, 6) is 0.627. The Balaban J connectivity index is 1.55. The summed E-state index contributed by atoms with van der Waals surface area (Å²) in [6.07, 6.45) is 5.95. The number of aryl methyl sites for hydroxylation is 1. The zero-order chi connectivity index (χ0) is 12.4. The van der Waals surface area contributed by atoms with Gasteiger partial charge in [0.15, 0.2) is 0 Å². The number of rotatable bonds is 3. The van der Waals surface area contributed by atoms with Crippen molar-refractivity contribution in [3.8, 4) is 6.01 Å². The van der Waals surface area contributed by atoms with Crippen LogP contribution in [0.5, 0.6) is 6.01 Å². The predicted molar refractivity (Wildman–Crippen MR) is 69.6 cm³/mol. The monoisotopic (exact) mass is 240 g/mol. The Kier molecular flexibility index (Phi) is 2.97. The van der Waals surface area contributed by atoms with Gasteiger partial charge < -0.3 is 4.74 Å². The second-order valence-corrected chi connectivity index (χ2v) is 4.86. The lowest BCUT2D eigenvalue weighted by atomic mass is 9.77. The van der Waals surface area contributed by atoms with Gasteiger partial charge in [0.05, 0.1) is 0 Å². The Hall–Kier alpha value is -1.90. The van der Waals surface area contributed by atoms with Crippen LogP contribution in [-0.4, -0.2) is 16.1 Å². The molecular formula is C15H16N2O. The molecule has 1 aromatic carbocycles. The topological polar surface area (TPSA) is 35.0 Å². The fraction of sp³-hybridized carbons (Fsp3) is 0.333. The van der Waals surface area contributed by atoms with Crippen molar-refractivity contribution in [3.63, 3.8) is 0 Å². The first-order valence-electron chi connectivity index (χ1n) is 6.31. The number of nitrogens with zero attached hydrogens (tertiary/aromatic N) is 2. The van der Waals surface area contributed by atoms with Crippen LogP contribution in [0.4, 0.5) is 0 Å². The van der Waals surface area contributed by atoms with E-state index in [4.69, 9.17) is 4.74 Å². The highest BCUT2D eigenvalue weighted by atomic mass is 16.5. The summed E-state index contributed by atoms with van der Waals surface area (Å²) in [5, 5.41) is 0. The van der Waals surface area contributed by atoms with E-state index in [-0.39, 0.29) is 6.10 Å². The number of hydrogen-bond acceptors (Lipinski definition) is 3. The van der Waals surface area contributed by atoms with Crippen molar-refractivity contribution < 1.29 is 4.74 Å². The van der Waals surface area contributed by atoms with Crippen molar-refractivity contribution in [2.75, 3.05) is 0 Å². The van der Waals surface area contributed by atoms with E-state index in [1.54, 1.807) is 12.4 Å². The third-order valence-electron chi connectivity index (χ3n) is 3.40. The number of ether oxygens (including phenoxy) is 1. The molecule has 0 saturated heterocycles. The first-order chi connectivity index (χ1) is 8.81. The average molecular weight is 240 g/mol. The van der Waals surface area contributed by atoms with E-state index in [9.17, 15) is 0 Å². The van der Waals surface area contributed by atoms with Crippen molar-refractivity contribution in [3.05, 3.63) is 53.9 Å². The standard InChI is InChI=1S/C15H16N2O/c1-11-9-16-15(17-10-11)18-14-7-13(8-14)12-5-3-2-4-6-12/h2-6,9-10,13-14H,7-8H2,1H3.